The topological polar surface area (TPSA) is 55.8 Å². The Hall–Kier alpha value is -1.78. The Labute approximate surface area is 131 Å². The molecule has 2 aliphatic rings. The lowest BCUT2D eigenvalue weighted by atomic mass is 9.84. The minimum absolute atomic E-state index is 0.157. The zero-order chi connectivity index (χ0) is 16.3. The van der Waals surface area contributed by atoms with Gasteiger partial charge in [-0.05, 0) is 59.1 Å². The SMILES string of the molecule is CC(C)OC(=O)C1=CN2CCCC[C@@]2(C(=O)OC(C)C)C=C1. The lowest BCUT2D eigenvalue weighted by Crippen LogP contribution is -2.56. The fourth-order valence-electron chi connectivity index (χ4n) is 2.82. The van der Waals surface area contributed by atoms with Crippen LogP contribution in [0.1, 0.15) is 47.0 Å². The third kappa shape index (κ3) is 3.34. The molecular formula is C17H25NO4. The maximum atomic E-state index is 12.6. The van der Waals surface area contributed by atoms with Gasteiger partial charge in [-0.15, -0.1) is 0 Å². The molecule has 1 saturated heterocycles. The Bertz CT molecular complexity index is 507. The number of carbonyl (C=O) groups excluding carboxylic acids is 2. The van der Waals surface area contributed by atoms with E-state index in [0.717, 1.165) is 19.4 Å². The Morgan fingerprint density at radius 1 is 1.14 bits per heavy atom. The molecule has 0 bridgehead atoms. The molecule has 0 amide bonds. The van der Waals surface area contributed by atoms with Crippen molar-refractivity contribution >= 4 is 11.9 Å². The summed E-state index contributed by atoms with van der Waals surface area (Å²) in [5, 5.41) is 0. The molecule has 0 radical (unpaired) electrons. The number of nitrogens with zero attached hydrogens (tertiary/aromatic N) is 1. The number of piperidine rings is 1. The van der Waals surface area contributed by atoms with E-state index in [1.807, 2.05) is 32.6 Å². The molecule has 1 atom stereocenters. The standard InChI is InChI=1S/C17H25NO4/c1-12(2)21-15(19)14-7-9-17(16(20)22-13(3)4)8-5-6-10-18(17)11-14/h7,9,11-13H,5-6,8,10H2,1-4H3/t17-/m0/s1. The van der Waals surface area contributed by atoms with Crippen LogP contribution in [0.4, 0.5) is 0 Å². The zero-order valence-corrected chi connectivity index (χ0v) is 13.8. The maximum Gasteiger partial charge on any atom is 0.339 e. The Morgan fingerprint density at radius 2 is 1.82 bits per heavy atom. The van der Waals surface area contributed by atoms with Crippen molar-refractivity contribution in [1.82, 2.24) is 4.90 Å². The van der Waals surface area contributed by atoms with Crippen LogP contribution in [0.3, 0.4) is 0 Å². The Balaban J connectivity index is 2.23. The molecule has 122 valence electrons. The van der Waals surface area contributed by atoms with Gasteiger partial charge in [0, 0.05) is 12.7 Å². The molecule has 0 N–H and O–H groups in total. The first-order chi connectivity index (χ1) is 10.3. The predicted octanol–water partition coefficient (Wildman–Crippen LogP) is 2.57. The molecule has 2 heterocycles. The fraction of sp³-hybridized carbons (Fsp3) is 0.647. The molecule has 1 fully saturated rings. The molecule has 5 nitrogen and oxygen atoms in total. The van der Waals surface area contributed by atoms with Gasteiger partial charge in [-0.1, -0.05) is 0 Å². The number of hydrogen-bond donors (Lipinski definition) is 0. The average Bonchev–Trinajstić information content (AvgIpc) is 2.45. The van der Waals surface area contributed by atoms with Gasteiger partial charge in [-0.25, -0.2) is 9.59 Å². The van der Waals surface area contributed by atoms with E-state index in [1.165, 1.54) is 0 Å². The quantitative estimate of drug-likeness (QED) is 0.747. The first-order valence-electron chi connectivity index (χ1n) is 7.95. The smallest absolute Gasteiger partial charge is 0.339 e. The number of esters is 2. The van der Waals surface area contributed by atoms with Crippen LogP contribution in [0.2, 0.25) is 0 Å². The summed E-state index contributed by atoms with van der Waals surface area (Å²) in [5.74, 6) is -0.603. The van der Waals surface area contributed by atoms with Crippen LogP contribution < -0.4 is 0 Å². The van der Waals surface area contributed by atoms with Crippen LogP contribution in [0.5, 0.6) is 0 Å². The lowest BCUT2D eigenvalue weighted by molar-refractivity contribution is -0.159. The summed E-state index contributed by atoms with van der Waals surface area (Å²) >= 11 is 0. The minimum atomic E-state index is -0.774. The van der Waals surface area contributed by atoms with Gasteiger partial charge in [0.1, 0.15) is 0 Å². The highest BCUT2D eigenvalue weighted by Crippen LogP contribution is 2.35. The predicted molar refractivity (Wildman–Crippen MR) is 83.0 cm³/mol. The van der Waals surface area contributed by atoms with E-state index >= 15 is 0 Å². The van der Waals surface area contributed by atoms with Crippen LogP contribution in [-0.4, -0.2) is 41.1 Å². The van der Waals surface area contributed by atoms with Crippen molar-refractivity contribution in [3.05, 3.63) is 23.9 Å². The van der Waals surface area contributed by atoms with E-state index < -0.39 is 5.54 Å². The summed E-state index contributed by atoms with van der Waals surface area (Å²) in [4.78, 5) is 26.5. The molecule has 2 aliphatic heterocycles. The van der Waals surface area contributed by atoms with Crippen molar-refractivity contribution in [3.8, 4) is 0 Å². The van der Waals surface area contributed by atoms with Gasteiger partial charge in [-0.3, -0.25) is 0 Å². The van der Waals surface area contributed by atoms with E-state index in [9.17, 15) is 9.59 Å². The number of carbonyl (C=O) groups is 2. The van der Waals surface area contributed by atoms with Crippen LogP contribution in [-0.2, 0) is 19.1 Å². The lowest BCUT2D eigenvalue weighted by Gasteiger charge is -2.45. The van der Waals surface area contributed by atoms with Gasteiger partial charge >= 0.3 is 11.9 Å². The summed E-state index contributed by atoms with van der Waals surface area (Å²) in [6.45, 7) is 8.05. The van der Waals surface area contributed by atoms with Crippen molar-refractivity contribution < 1.29 is 19.1 Å². The third-order valence-electron chi connectivity index (χ3n) is 3.83. The van der Waals surface area contributed by atoms with E-state index in [4.69, 9.17) is 9.47 Å². The van der Waals surface area contributed by atoms with Gasteiger partial charge < -0.3 is 14.4 Å². The average molecular weight is 307 g/mol. The molecule has 0 spiro atoms. The molecule has 0 aliphatic carbocycles. The van der Waals surface area contributed by atoms with Gasteiger partial charge in [0.25, 0.3) is 0 Å². The molecule has 22 heavy (non-hydrogen) atoms. The molecular weight excluding hydrogens is 282 g/mol. The second kappa shape index (κ2) is 6.55. The minimum Gasteiger partial charge on any atom is -0.461 e. The van der Waals surface area contributed by atoms with Gasteiger partial charge in [0.05, 0.1) is 17.8 Å². The highest BCUT2D eigenvalue weighted by atomic mass is 16.5. The van der Waals surface area contributed by atoms with Crippen molar-refractivity contribution in [2.45, 2.75) is 64.7 Å². The second-order valence-electron chi connectivity index (χ2n) is 6.40. The van der Waals surface area contributed by atoms with Crippen LogP contribution >= 0.6 is 0 Å². The van der Waals surface area contributed by atoms with E-state index in [1.54, 1.807) is 18.4 Å². The van der Waals surface area contributed by atoms with E-state index in [0.29, 0.717) is 12.0 Å². The number of fused-ring (bicyclic) bond motifs is 1. The second-order valence-corrected chi connectivity index (χ2v) is 6.40. The van der Waals surface area contributed by atoms with Crippen molar-refractivity contribution in [3.63, 3.8) is 0 Å². The zero-order valence-electron chi connectivity index (χ0n) is 13.8. The molecule has 0 aromatic carbocycles. The Kier molecular flexibility index (Phi) is 4.94. The third-order valence-corrected chi connectivity index (χ3v) is 3.83. The summed E-state index contributed by atoms with van der Waals surface area (Å²) in [7, 11) is 0. The maximum absolute atomic E-state index is 12.6. The van der Waals surface area contributed by atoms with Crippen molar-refractivity contribution in [2.24, 2.45) is 0 Å². The Morgan fingerprint density at radius 3 is 2.45 bits per heavy atom. The summed E-state index contributed by atoms with van der Waals surface area (Å²) in [6, 6.07) is 0. The highest BCUT2D eigenvalue weighted by molar-refractivity contribution is 5.94. The molecule has 0 unspecified atom stereocenters. The van der Waals surface area contributed by atoms with Crippen LogP contribution in [0.15, 0.2) is 23.9 Å². The first kappa shape index (κ1) is 16.6. The molecule has 5 heteroatoms. The van der Waals surface area contributed by atoms with E-state index in [2.05, 4.69) is 0 Å². The number of ether oxygens (including phenoxy) is 2. The molecule has 0 saturated carbocycles. The van der Waals surface area contributed by atoms with Crippen molar-refractivity contribution in [1.29, 1.82) is 0 Å². The van der Waals surface area contributed by atoms with Crippen molar-refractivity contribution in [2.75, 3.05) is 6.54 Å². The largest absolute Gasteiger partial charge is 0.461 e. The number of rotatable bonds is 4. The van der Waals surface area contributed by atoms with E-state index in [-0.39, 0.29) is 24.1 Å². The molecule has 2 rings (SSSR count). The number of hydrogen-bond acceptors (Lipinski definition) is 5. The highest BCUT2D eigenvalue weighted by Gasteiger charge is 2.46. The molecule has 0 aromatic heterocycles. The molecule has 0 aromatic rings. The fourth-order valence-corrected chi connectivity index (χ4v) is 2.82. The van der Waals surface area contributed by atoms with Gasteiger partial charge in [-0.2, -0.15) is 0 Å². The van der Waals surface area contributed by atoms with Gasteiger partial charge in [0.2, 0.25) is 0 Å². The summed E-state index contributed by atoms with van der Waals surface area (Å²) in [6.07, 6.45) is 7.57. The monoisotopic (exact) mass is 307 g/mol. The normalized spacial score (nSPS) is 24.1. The summed E-state index contributed by atoms with van der Waals surface area (Å²) < 4.78 is 10.7. The first-order valence-corrected chi connectivity index (χ1v) is 7.95. The van der Waals surface area contributed by atoms with Crippen LogP contribution in [0, 0.1) is 0 Å². The summed E-state index contributed by atoms with van der Waals surface area (Å²) in [5.41, 5.74) is -0.298. The van der Waals surface area contributed by atoms with Crippen LogP contribution in [0.25, 0.3) is 0 Å². The van der Waals surface area contributed by atoms with Gasteiger partial charge in [0.15, 0.2) is 5.54 Å².